The normalized spacial score (nSPS) is 11.6. The summed E-state index contributed by atoms with van der Waals surface area (Å²) in [4.78, 5) is 19.5. The van der Waals surface area contributed by atoms with E-state index in [0.717, 1.165) is 35.7 Å². The van der Waals surface area contributed by atoms with Gasteiger partial charge in [-0.3, -0.25) is 18.8 Å². The number of methoxy groups -OCH3 is 1. The van der Waals surface area contributed by atoms with Gasteiger partial charge in [0.1, 0.15) is 5.65 Å². The van der Waals surface area contributed by atoms with E-state index in [-0.39, 0.29) is 5.56 Å². The topological polar surface area (TPSA) is 64.7 Å². The molecule has 3 aromatic rings. The number of rotatable bonds is 7. The molecule has 0 N–H and O–H groups in total. The van der Waals surface area contributed by atoms with Gasteiger partial charge in [0.2, 0.25) is 0 Å². The van der Waals surface area contributed by atoms with Crippen LogP contribution >= 0.6 is 0 Å². The molecule has 0 aliphatic heterocycles. The van der Waals surface area contributed by atoms with Gasteiger partial charge in [-0.25, -0.2) is 4.98 Å². The monoisotopic (exact) mass is 369 g/mol. The summed E-state index contributed by atoms with van der Waals surface area (Å²) in [7, 11) is 3.66. The molecule has 7 heteroatoms. The maximum atomic E-state index is 12.5. The molecule has 0 radical (unpaired) electrons. The van der Waals surface area contributed by atoms with Crippen molar-refractivity contribution in [3.63, 3.8) is 0 Å². The van der Waals surface area contributed by atoms with Crippen LogP contribution in [0, 0.1) is 20.8 Å². The summed E-state index contributed by atoms with van der Waals surface area (Å²) in [6.45, 7) is 8.76. The van der Waals surface area contributed by atoms with Crippen molar-refractivity contribution in [3.05, 3.63) is 63.0 Å². The number of aromatic nitrogens is 4. The van der Waals surface area contributed by atoms with E-state index in [4.69, 9.17) is 9.72 Å². The summed E-state index contributed by atoms with van der Waals surface area (Å²) in [5.41, 5.74) is 5.79. The lowest BCUT2D eigenvalue weighted by molar-refractivity contribution is 0.139. The van der Waals surface area contributed by atoms with Crippen LogP contribution in [-0.2, 0) is 24.9 Å². The van der Waals surface area contributed by atoms with E-state index in [2.05, 4.69) is 16.9 Å². The van der Waals surface area contributed by atoms with E-state index >= 15 is 0 Å². The molecule has 144 valence electrons. The Labute approximate surface area is 159 Å². The van der Waals surface area contributed by atoms with Gasteiger partial charge >= 0.3 is 0 Å². The Morgan fingerprint density at radius 3 is 2.67 bits per heavy atom. The van der Waals surface area contributed by atoms with E-state index in [0.29, 0.717) is 18.8 Å². The zero-order valence-electron chi connectivity index (χ0n) is 16.7. The molecule has 0 aromatic carbocycles. The third-order valence-electron chi connectivity index (χ3n) is 4.98. The van der Waals surface area contributed by atoms with Crippen LogP contribution < -0.4 is 5.56 Å². The third-order valence-corrected chi connectivity index (χ3v) is 4.98. The maximum absolute atomic E-state index is 12.5. The molecule has 0 fully saturated rings. The standard InChI is InChI=1S/C20H27N5O2/c1-14-7-6-8-25-19(26)11-17(21-20(14)25)12-24(9-10-27-5)13-18-15(2)22-23(4)16(18)3/h6-8,11H,9-10,12-13H2,1-5H3. The first-order valence-electron chi connectivity index (χ1n) is 9.09. The fourth-order valence-corrected chi connectivity index (χ4v) is 3.32. The SMILES string of the molecule is COCCN(Cc1cc(=O)n2cccc(C)c2n1)Cc1c(C)nn(C)c1C. The molecule has 0 spiro atoms. The summed E-state index contributed by atoms with van der Waals surface area (Å²) in [6, 6.07) is 5.45. The molecule has 3 heterocycles. The van der Waals surface area contributed by atoms with Gasteiger partial charge in [-0.1, -0.05) is 6.07 Å². The zero-order valence-corrected chi connectivity index (χ0v) is 16.7. The second-order valence-corrected chi connectivity index (χ2v) is 6.95. The van der Waals surface area contributed by atoms with Gasteiger partial charge in [0.05, 0.1) is 18.0 Å². The van der Waals surface area contributed by atoms with E-state index in [1.807, 2.05) is 37.7 Å². The molecule has 3 rings (SSSR count). The fraction of sp³-hybridized carbons (Fsp3) is 0.450. The first-order chi connectivity index (χ1) is 12.9. The second-order valence-electron chi connectivity index (χ2n) is 6.95. The zero-order chi connectivity index (χ0) is 19.6. The average Bonchev–Trinajstić information content (AvgIpc) is 2.86. The number of ether oxygens (including phenoxy) is 1. The molecule has 0 saturated carbocycles. The van der Waals surface area contributed by atoms with Crippen molar-refractivity contribution in [1.82, 2.24) is 24.1 Å². The van der Waals surface area contributed by atoms with Crippen molar-refractivity contribution in [3.8, 4) is 0 Å². The van der Waals surface area contributed by atoms with Crippen LogP contribution in [-0.4, -0.2) is 44.3 Å². The Balaban J connectivity index is 1.91. The Kier molecular flexibility index (Phi) is 5.72. The second kappa shape index (κ2) is 8.02. The van der Waals surface area contributed by atoms with Gasteiger partial charge in [0.15, 0.2) is 0 Å². The van der Waals surface area contributed by atoms with Gasteiger partial charge < -0.3 is 4.74 Å². The molecule has 27 heavy (non-hydrogen) atoms. The molecule has 0 aliphatic rings. The number of pyridine rings is 1. The molecule has 0 atom stereocenters. The minimum Gasteiger partial charge on any atom is -0.383 e. The van der Waals surface area contributed by atoms with Crippen molar-refractivity contribution >= 4 is 5.65 Å². The van der Waals surface area contributed by atoms with Gasteiger partial charge in [-0.05, 0) is 32.4 Å². The van der Waals surface area contributed by atoms with Gasteiger partial charge in [-0.15, -0.1) is 0 Å². The third kappa shape index (κ3) is 4.09. The van der Waals surface area contributed by atoms with Crippen LogP contribution in [0.15, 0.2) is 29.2 Å². The lowest BCUT2D eigenvalue weighted by Crippen LogP contribution is -2.29. The van der Waals surface area contributed by atoms with Crippen LogP contribution in [0.5, 0.6) is 0 Å². The van der Waals surface area contributed by atoms with Crippen molar-refractivity contribution in [2.75, 3.05) is 20.3 Å². The Bertz CT molecular complexity index is 1010. The Morgan fingerprint density at radius 2 is 2.00 bits per heavy atom. The highest BCUT2D eigenvalue weighted by Crippen LogP contribution is 2.16. The number of hydrogen-bond donors (Lipinski definition) is 0. The van der Waals surface area contributed by atoms with Crippen LogP contribution in [0.2, 0.25) is 0 Å². The molecular formula is C20H27N5O2. The highest BCUT2D eigenvalue weighted by molar-refractivity contribution is 5.46. The number of nitrogens with zero attached hydrogens (tertiary/aromatic N) is 5. The molecule has 0 amide bonds. The van der Waals surface area contributed by atoms with E-state index in [9.17, 15) is 4.79 Å². The summed E-state index contributed by atoms with van der Waals surface area (Å²) in [5.74, 6) is 0. The van der Waals surface area contributed by atoms with Crippen LogP contribution in [0.25, 0.3) is 5.65 Å². The molecule has 3 aromatic heterocycles. The number of fused-ring (bicyclic) bond motifs is 1. The first-order valence-corrected chi connectivity index (χ1v) is 9.09. The quantitative estimate of drug-likeness (QED) is 0.637. The lowest BCUT2D eigenvalue weighted by Gasteiger charge is -2.22. The largest absolute Gasteiger partial charge is 0.383 e. The minimum absolute atomic E-state index is 0.0564. The summed E-state index contributed by atoms with van der Waals surface area (Å²) in [5, 5.41) is 4.51. The van der Waals surface area contributed by atoms with E-state index in [1.165, 1.54) is 5.56 Å². The fourth-order valence-electron chi connectivity index (χ4n) is 3.32. The van der Waals surface area contributed by atoms with Crippen LogP contribution in [0.3, 0.4) is 0 Å². The van der Waals surface area contributed by atoms with Crippen molar-refractivity contribution in [1.29, 1.82) is 0 Å². The smallest absolute Gasteiger partial charge is 0.258 e. The number of aryl methyl sites for hydroxylation is 3. The molecule has 7 nitrogen and oxygen atoms in total. The first kappa shape index (κ1) is 19.3. The van der Waals surface area contributed by atoms with Crippen LogP contribution in [0.4, 0.5) is 0 Å². The average molecular weight is 369 g/mol. The molecule has 0 aliphatic carbocycles. The van der Waals surface area contributed by atoms with Crippen molar-refractivity contribution < 1.29 is 4.74 Å². The summed E-state index contributed by atoms with van der Waals surface area (Å²) in [6.07, 6.45) is 1.76. The molecule has 0 bridgehead atoms. The molecule has 0 saturated heterocycles. The maximum Gasteiger partial charge on any atom is 0.258 e. The predicted molar refractivity (Wildman–Crippen MR) is 105 cm³/mol. The van der Waals surface area contributed by atoms with Crippen molar-refractivity contribution in [2.45, 2.75) is 33.9 Å². The molecular weight excluding hydrogens is 342 g/mol. The molecule has 0 unspecified atom stereocenters. The number of hydrogen-bond acceptors (Lipinski definition) is 5. The van der Waals surface area contributed by atoms with E-state index < -0.39 is 0 Å². The minimum atomic E-state index is -0.0564. The van der Waals surface area contributed by atoms with Crippen LogP contribution in [0.1, 0.15) is 28.2 Å². The highest BCUT2D eigenvalue weighted by Gasteiger charge is 2.16. The van der Waals surface area contributed by atoms with E-state index in [1.54, 1.807) is 23.8 Å². The predicted octanol–water partition coefficient (Wildman–Crippen LogP) is 2.00. The lowest BCUT2D eigenvalue weighted by atomic mass is 10.1. The van der Waals surface area contributed by atoms with Gasteiger partial charge in [-0.2, -0.15) is 5.10 Å². The highest BCUT2D eigenvalue weighted by atomic mass is 16.5. The van der Waals surface area contributed by atoms with Gasteiger partial charge in [0.25, 0.3) is 5.56 Å². The van der Waals surface area contributed by atoms with Gasteiger partial charge in [0, 0.05) is 57.3 Å². The summed E-state index contributed by atoms with van der Waals surface area (Å²) >= 11 is 0. The Hall–Kier alpha value is -2.51. The van der Waals surface area contributed by atoms with Crippen molar-refractivity contribution in [2.24, 2.45) is 7.05 Å². The summed E-state index contributed by atoms with van der Waals surface area (Å²) < 4.78 is 8.77. The Morgan fingerprint density at radius 1 is 1.22 bits per heavy atom.